The monoisotopic (exact) mass is 296 g/mol. The van der Waals surface area contributed by atoms with E-state index in [-0.39, 0.29) is 18.3 Å². The first-order valence-corrected chi connectivity index (χ1v) is 6.97. The second kappa shape index (κ2) is 6.46. The number of halogens is 1. The minimum Gasteiger partial charge on any atom is -0.489 e. The minimum absolute atomic E-state index is 0. The zero-order chi connectivity index (χ0) is 13.2. The lowest BCUT2D eigenvalue weighted by atomic mass is 9.86. The van der Waals surface area contributed by atoms with Crippen LogP contribution < -0.4 is 10.1 Å². The number of benzene rings is 1. The molecule has 0 radical (unpaired) electrons. The predicted octanol–water partition coefficient (Wildman–Crippen LogP) is 2.54. The van der Waals surface area contributed by atoms with Crippen LogP contribution >= 0.6 is 12.4 Å². The van der Waals surface area contributed by atoms with Crippen molar-refractivity contribution in [3.05, 3.63) is 24.3 Å². The van der Waals surface area contributed by atoms with Crippen LogP contribution in [0.25, 0.3) is 0 Å². The molecule has 1 N–H and O–H groups in total. The molecule has 3 heterocycles. The van der Waals surface area contributed by atoms with Crippen LogP contribution in [0.15, 0.2) is 24.3 Å². The standard InChI is InChI=1S/C15H20N2O2.ClH/c1-11(18)16-13-2-4-14(5-3-13)19-15-10-17-8-6-12(15)7-9-17;/h2-5,12,15H,6-10H2,1H3,(H,16,18);1H. The van der Waals surface area contributed by atoms with Crippen molar-refractivity contribution in [2.45, 2.75) is 25.9 Å². The quantitative estimate of drug-likeness (QED) is 0.932. The Morgan fingerprint density at radius 3 is 2.40 bits per heavy atom. The van der Waals surface area contributed by atoms with E-state index in [0.717, 1.165) is 18.0 Å². The maximum atomic E-state index is 11.0. The highest BCUT2D eigenvalue weighted by molar-refractivity contribution is 5.88. The summed E-state index contributed by atoms with van der Waals surface area (Å²) < 4.78 is 6.09. The van der Waals surface area contributed by atoms with Crippen molar-refractivity contribution in [2.75, 3.05) is 25.0 Å². The molecule has 110 valence electrons. The Labute approximate surface area is 125 Å². The van der Waals surface area contributed by atoms with Crippen molar-refractivity contribution in [2.24, 2.45) is 5.92 Å². The summed E-state index contributed by atoms with van der Waals surface area (Å²) in [5.74, 6) is 1.55. The molecule has 3 aliphatic heterocycles. The molecule has 1 atom stereocenters. The average Bonchev–Trinajstić information content (AvgIpc) is 2.42. The molecule has 1 amide bonds. The fourth-order valence-corrected chi connectivity index (χ4v) is 3.04. The summed E-state index contributed by atoms with van der Waals surface area (Å²) in [5.41, 5.74) is 0.814. The Hall–Kier alpha value is -1.26. The van der Waals surface area contributed by atoms with Gasteiger partial charge in [-0.05, 0) is 56.1 Å². The van der Waals surface area contributed by atoms with Gasteiger partial charge in [-0.1, -0.05) is 0 Å². The number of nitrogens with zero attached hydrogens (tertiary/aromatic N) is 1. The highest BCUT2D eigenvalue weighted by Crippen LogP contribution is 2.30. The van der Waals surface area contributed by atoms with Crippen LogP contribution in [0.4, 0.5) is 5.69 Å². The number of amides is 1. The minimum atomic E-state index is -0.0499. The number of ether oxygens (including phenoxy) is 1. The first-order chi connectivity index (χ1) is 9.20. The third-order valence-electron chi connectivity index (χ3n) is 4.06. The molecule has 5 heteroatoms. The van der Waals surface area contributed by atoms with E-state index in [4.69, 9.17) is 4.74 Å². The van der Waals surface area contributed by atoms with Gasteiger partial charge in [-0.2, -0.15) is 0 Å². The van der Waals surface area contributed by atoms with Crippen LogP contribution in [-0.4, -0.2) is 36.5 Å². The van der Waals surface area contributed by atoms with Crippen molar-refractivity contribution >= 4 is 24.0 Å². The Bertz CT molecular complexity index is 455. The fraction of sp³-hybridized carbons (Fsp3) is 0.533. The zero-order valence-electron chi connectivity index (χ0n) is 11.7. The molecule has 1 aromatic carbocycles. The van der Waals surface area contributed by atoms with Crippen LogP contribution in [0.3, 0.4) is 0 Å². The van der Waals surface area contributed by atoms with Gasteiger partial charge < -0.3 is 10.1 Å². The van der Waals surface area contributed by atoms with Crippen molar-refractivity contribution in [3.63, 3.8) is 0 Å². The molecule has 0 aromatic heterocycles. The van der Waals surface area contributed by atoms with E-state index in [9.17, 15) is 4.79 Å². The molecule has 0 aliphatic carbocycles. The molecule has 0 spiro atoms. The molecule has 20 heavy (non-hydrogen) atoms. The fourth-order valence-electron chi connectivity index (χ4n) is 3.04. The van der Waals surface area contributed by atoms with E-state index in [1.807, 2.05) is 24.3 Å². The summed E-state index contributed by atoms with van der Waals surface area (Å²) in [6.45, 7) is 5.02. The number of nitrogens with one attached hydrogen (secondary N) is 1. The lowest BCUT2D eigenvalue weighted by Gasteiger charge is -2.44. The van der Waals surface area contributed by atoms with E-state index < -0.39 is 0 Å². The summed E-state index contributed by atoms with van der Waals surface area (Å²) in [4.78, 5) is 13.4. The van der Waals surface area contributed by atoms with Gasteiger partial charge in [-0.15, -0.1) is 12.4 Å². The molecule has 3 aliphatic rings. The van der Waals surface area contributed by atoms with Gasteiger partial charge in [0.2, 0.25) is 5.91 Å². The summed E-state index contributed by atoms with van der Waals surface area (Å²) in [6, 6.07) is 7.64. The second-order valence-corrected chi connectivity index (χ2v) is 5.50. The van der Waals surface area contributed by atoms with Crippen LogP contribution in [0.5, 0.6) is 5.75 Å². The summed E-state index contributed by atoms with van der Waals surface area (Å²) >= 11 is 0. The van der Waals surface area contributed by atoms with Crippen molar-refractivity contribution < 1.29 is 9.53 Å². The Morgan fingerprint density at radius 2 is 1.90 bits per heavy atom. The van der Waals surface area contributed by atoms with Crippen molar-refractivity contribution in [1.29, 1.82) is 0 Å². The molecule has 1 aromatic rings. The average molecular weight is 297 g/mol. The van der Waals surface area contributed by atoms with Crippen molar-refractivity contribution in [1.82, 2.24) is 4.90 Å². The van der Waals surface area contributed by atoms with Gasteiger partial charge in [0, 0.05) is 19.2 Å². The Kier molecular flexibility index (Phi) is 4.89. The number of hydrogen-bond donors (Lipinski definition) is 1. The third-order valence-corrected chi connectivity index (χ3v) is 4.06. The molecule has 3 saturated heterocycles. The SMILES string of the molecule is CC(=O)Nc1ccc(OC2CN3CCC2CC3)cc1.Cl. The van der Waals surface area contributed by atoms with E-state index in [1.165, 1.54) is 32.9 Å². The number of anilines is 1. The van der Waals surface area contributed by atoms with E-state index >= 15 is 0 Å². The summed E-state index contributed by atoms with van der Waals surface area (Å²) in [5, 5.41) is 2.76. The van der Waals surface area contributed by atoms with Crippen LogP contribution in [0.1, 0.15) is 19.8 Å². The number of hydrogen-bond acceptors (Lipinski definition) is 3. The molecular formula is C15H21ClN2O2. The molecule has 2 bridgehead atoms. The lowest BCUT2D eigenvalue weighted by Crippen LogP contribution is -2.52. The number of carbonyl (C=O) groups excluding carboxylic acids is 1. The lowest BCUT2D eigenvalue weighted by molar-refractivity contribution is -0.114. The first kappa shape index (κ1) is 15.1. The van der Waals surface area contributed by atoms with E-state index in [1.54, 1.807) is 0 Å². The van der Waals surface area contributed by atoms with Crippen LogP contribution in [-0.2, 0) is 4.79 Å². The maximum Gasteiger partial charge on any atom is 0.221 e. The predicted molar refractivity (Wildman–Crippen MR) is 81.6 cm³/mol. The molecule has 4 rings (SSSR count). The molecular weight excluding hydrogens is 276 g/mol. The number of carbonyl (C=O) groups is 1. The molecule has 3 fully saturated rings. The third kappa shape index (κ3) is 3.44. The molecule has 1 unspecified atom stereocenters. The normalized spacial score (nSPS) is 27.6. The van der Waals surface area contributed by atoms with Gasteiger partial charge in [0.05, 0.1) is 0 Å². The summed E-state index contributed by atoms with van der Waals surface area (Å²) in [6.07, 6.45) is 2.85. The maximum absolute atomic E-state index is 11.0. The highest BCUT2D eigenvalue weighted by Gasteiger charge is 2.35. The zero-order valence-corrected chi connectivity index (χ0v) is 12.5. The van der Waals surface area contributed by atoms with Crippen LogP contribution in [0, 0.1) is 5.92 Å². The Balaban J connectivity index is 0.00000147. The van der Waals surface area contributed by atoms with E-state index in [2.05, 4.69) is 10.2 Å². The van der Waals surface area contributed by atoms with Gasteiger partial charge in [-0.25, -0.2) is 0 Å². The van der Waals surface area contributed by atoms with Gasteiger partial charge in [-0.3, -0.25) is 9.69 Å². The van der Waals surface area contributed by atoms with Gasteiger partial charge in [0.1, 0.15) is 11.9 Å². The number of fused-ring (bicyclic) bond motifs is 3. The largest absolute Gasteiger partial charge is 0.489 e. The van der Waals surface area contributed by atoms with Gasteiger partial charge in [0.25, 0.3) is 0 Å². The highest BCUT2D eigenvalue weighted by atomic mass is 35.5. The van der Waals surface area contributed by atoms with Crippen LogP contribution in [0.2, 0.25) is 0 Å². The first-order valence-electron chi connectivity index (χ1n) is 6.97. The van der Waals surface area contributed by atoms with E-state index in [0.29, 0.717) is 12.0 Å². The number of rotatable bonds is 3. The smallest absolute Gasteiger partial charge is 0.221 e. The van der Waals surface area contributed by atoms with Gasteiger partial charge >= 0.3 is 0 Å². The molecule has 0 saturated carbocycles. The Morgan fingerprint density at radius 1 is 1.25 bits per heavy atom. The van der Waals surface area contributed by atoms with Gasteiger partial charge in [0.15, 0.2) is 0 Å². The topological polar surface area (TPSA) is 41.6 Å². The molecule has 4 nitrogen and oxygen atoms in total. The second-order valence-electron chi connectivity index (χ2n) is 5.50. The summed E-state index contributed by atoms with van der Waals surface area (Å²) in [7, 11) is 0. The number of piperidine rings is 3. The van der Waals surface area contributed by atoms with Crippen molar-refractivity contribution in [3.8, 4) is 5.75 Å².